The smallest absolute Gasteiger partial charge is 0.161 e. The number of piperazine rings is 1. The highest BCUT2D eigenvalue weighted by Gasteiger charge is 2.23. The van der Waals surface area contributed by atoms with Gasteiger partial charge in [0.1, 0.15) is 0 Å². The molecule has 1 aromatic carbocycles. The first kappa shape index (κ1) is 18.0. The van der Waals surface area contributed by atoms with Gasteiger partial charge in [-0.2, -0.15) is 0 Å². The van der Waals surface area contributed by atoms with Gasteiger partial charge in [0.15, 0.2) is 11.5 Å². The van der Waals surface area contributed by atoms with Crippen LogP contribution in [0.15, 0.2) is 18.2 Å². The van der Waals surface area contributed by atoms with Gasteiger partial charge in [-0.15, -0.1) is 0 Å². The average molecular weight is 321 g/mol. The lowest BCUT2D eigenvalue weighted by Gasteiger charge is -2.37. The molecule has 1 atom stereocenters. The highest BCUT2D eigenvalue weighted by Crippen LogP contribution is 2.32. The van der Waals surface area contributed by atoms with E-state index < -0.39 is 0 Å². The highest BCUT2D eigenvalue weighted by atomic mass is 16.5. The summed E-state index contributed by atoms with van der Waals surface area (Å²) >= 11 is 0. The molecule has 23 heavy (non-hydrogen) atoms. The Morgan fingerprint density at radius 1 is 1.09 bits per heavy atom. The number of likely N-dealkylation sites (N-methyl/N-ethyl adjacent to an activating group) is 1. The van der Waals surface area contributed by atoms with E-state index in [0.29, 0.717) is 19.8 Å². The van der Waals surface area contributed by atoms with Crippen molar-refractivity contribution in [3.8, 4) is 11.5 Å². The van der Waals surface area contributed by atoms with Gasteiger partial charge in [-0.05, 0) is 38.1 Å². The fourth-order valence-electron chi connectivity index (χ4n) is 2.96. The van der Waals surface area contributed by atoms with E-state index in [9.17, 15) is 0 Å². The van der Waals surface area contributed by atoms with Gasteiger partial charge in [-0.3, -0.25) is 4.90 Å². The molecule has 5 nitrogen and oxygen atoms in total. The molecule has 0 spiro atoms. The van der Waals surface area contributed by atoms with Crippen molar-refractivity contribution >= 4 is 0 Å². The van der Waals surface area contributed by atoms with Gasteiger partial charge in [0.25, 0.3) is 0 Å². The summed E-state index contributed by atoms with van der Waals surface area (Å²) in [7, 11) is 2.17. The molecule has 0 amide bonds. The molecule has 1 aliphatic heterocycles. The summed E-state index contributed by atoms with van der Waals surface area (Å²) in [5, 5.41) is 0. The molecular formula is C18H31N3O2. The zero-order chi connectivity index (χ0) is 16.7. The first-order valence-corrected chi connectivity index (χ1v) is 8.71. The lowest BCUT2D eigenvalue weighted by Crippen LogP contribution is -2.47. The quantitative estimate of drug-likeness (QED) is 0.795. The standard InChI is InChI=1S/C18H31N3O2/c1-4-12-23-17-7-6-15(13-18(17)22-5-2)16(14-19)21-10-8-20(3)9-11-21/h6-7,13,16H,4-5,8-12,14,19H2,1-3H3. The van der Waals surface area contributed by atoms with Gasteiger partial charge in [0, 0.05) is 38.8 Å². The van der Waals surface area contributed by atoms with Crippen LogP contribution in [0.4, 0.5) is 0 Å². The number of rotatable bonds is 8. The molecule has 2 N–H and O–H groups in total. The molecule has 0 aliphatic carbocycles. The number of hydrogen-bond acceptors (Lipinski definition) is 5. The Morgan fingerprint density at radius 3 is 2.43 bits per heavy atom. The Bertz CT molecular complexity index is 473. The van der Waals surface area contributed by atoms with E-state index >= 15 is 0 Å². The molecule has 1 fully saturated rings. The summed E-state index contributed by atoms with van der Waals surface area (Å²) in [5.41, 5.74) is 7.30. The SMILES string of the molecule is CCCOc1ccc(C(CN)N2CCN(C)CC2)cc1OCC. The first-order valence-electron chi connectivity index (χ1n) is 8.71. The van der Waals surface area contributed by atoms with E-state index in [1.54, 1.807) is 0 Å². The normalized spacial score (nSPS) is 17.9. The van der Waals surface area contributed by atoms with Gasteiger partial charge >= 0.3 is 0 Å². The number of nitrogens with zero attached hydrogens (tertiary/aromatic N) is 2. The predicted molar refractivity (Wildman–Crippen MR) is 94.3 cm³/mol. The molecule has 0 radical (unpaired) electrons. The third-order valence-corrected chi connectivity index (χ3v) is 4.32. The molecule has 1 unspecified atom stereocenters. The van der Waals surface area contributed by atoms with Gasteiger partial charge < -0.3 is 20.1 Å². The zero-order valence-corrected chi connectivity index (χ0v) is 14.8. The zero-order valence-electron chi connectivity index (χ0n) is 14.8. The van der Waals surface area contributed by atoms with Crippen molar-refractivity contribution in [3.63, 3.8) is 0 Å². The Hall–Kier alpha value is -1.30. The number of benzene rings is 1. The van der Waals surface area contributed by atoms with Crippen LogP contribution in [-0.4, -0.2) is 62.8 Å². The van der Waals surface area contributed by atoms with E-state index in [4.69, 9.17) is 15.2 Å². The number of ether oxygens (including phenoxy) is 2. The van der Waals surface area contributed by atoms with E-state index in [1.165, 1.54) is 5.56 Å². The highest BCUT2D eigenvalue weighted by molar-refractivity contribution is 5.44. The molecule has 1 saturated heterocycles. The van der Waals surface area contributed by atoms with E-state index in [-0.39, 0.29) is 6.04 Å². The number of nitrogens with two attached hydrogens (primary N) is 1. The van der Waals surface area contributed by atoms with Gasteiger partial charge in [0.05, 0.1) is 13.2 Å². The van der Waals surface area contributed by atoms with Crippen molar-refractivity contribution in [2.24, 2.45) is 5.73 Å². The maximum Gasteiger partial charge on any atom is 0.161 e. The first-order chi connectivity index (χ1) is 11.2. The molecule has 0 saturated carbocycles. The molecule has 0 bridgehead atoms. The fraction of sp³-hybridized carbons (Fsp3) is 0.667. The van der Waals surface area contributed by atoms with Crippen molar-refractivity contribution in [2.45, 2.75) is 26.3 Å². The predicted octanol–water partition coefficient (Wildman–Crippen LogP) is 2.12. The van der Waals surface area contributed by atoms with E-state index in [1.807, 2.05) is 13.0 Å². The van der Waals surface area contributed by atoms with Crippen LogP contribution in [0.5, 0.6) is 11.5 Å². The summed E-state index contributed by atoms with van der Waals surface area (Å²) in [5.74, 6) is 1.65. The van der Waals surface area contributed by atoms with Gasteiger partial charge in [0.2, 0.25) is 0 Å². The van der Waals surface area contributed by atoms with Crippen LogP contribution in [0, 0.1) is 0 Å². The maximum absolute atomic E-state index is 6.09. The van der Waals surface area contributed by atoms with Crippen molar-refractivity contribution in [2.75, 3.05) is 53.0 Å². The fourth-order valence-corrected chi connectivity index (χ4v) is 2.96. The molecule has 1 aliphatic rings. The molecule has 0 aromatic heterocycles. The van der Waals surface area contributed by atoms with E-state index in [0.717, 1.165) is 44.1 Å². The topological polar surface area (TPSA) is 51.0 Å². The van der Waals surface area contributed by atoms with E-state index in [2.05, 4.69) is 35.9 Å². The Labute approximate surface area is 140 Å². The molecule has 1 heterocycles. The summed E-state index contributed by atoms with van der Waals surface area (Å²) in [6.07, 6.45) is 0.986. The summed E-state index contributed by atoms with van der Waals surface area (Å²) in [6.45, 7) is 10.3. The monoisotopic (exact) mass is 321 g/mol. The second kappa shape index (κ2) is 9.11. The van der Waals surface area contributed by atoms with Crippen LogP contribution in [0.3, 0.4) is 0 Å². The molecule has 2 rings (SSSR count). The minimum absolute atomic E-state index is 0.239. The molecule has 5 heteroatoms. The van der Waals surface area contributed by atoms with Crippen LogP contribution in [-0.2, 0) is 0 Å². The minimum atomic E-state index is 0.239. The van der Waals surface area contributed by atoms with Crippen LogP contribution in [0.2, 0.25) is 0 Å². The lowest BCUT2D eigenvalue weighted by molar-refractivity contribution is 0.114. The van der Waals surface area contributed by atoms with Gasteiger partial charge in [-0.1, -0.05) is 13.0 Å². The van der Waals surface area contributed by atoms with Gasteiger partial charge in [-0.25, -0.2) is 0 Å². The minimum Gasteiger partial charge on any atom is -0.490 e. The largest absolute Gasteiger partial charge is 0.490 e. The van der Waals surface area contributed by atoms with Crippen LogP contribution in [0.25, 0.3) is 0 Å². The average Bonchev–Trinajstić information content (AvgIpc) is 2.57. The summed E-state index contributed by atoms with van der Waals surface area (Å²) in [6, 6.07) is 6.49. The maximum atomic E-state index is 6.09. The Balaban J connectivity index is 2.17. The van der Waals surface area contributed by atoms with Crippen molar-refractivity contribution in [1.82, 2.24) is 9.80 Å². The third kappa shape index (κ3) is 4.83. The van der Waals surface area contributed by atoms with Crippen LogP contribution in [0.1, 0.15) is 31.9 Å². The molecule has 130 valence electrons. The molecule has 1 aromatic rings. The second-order valence-corrected chi connectivity index (χ2v) is 6.08. The molecular weight excluding hydrogens is 290 g/mol. The Morgan fingerprint density at radius 2 is 1.83 bits per heavy atom. The lowest BCUT2D eigenvalue weighted by atomic mass is 10.0. The van der Waals surface area contributed by atoms with Crippen molar-refractivity contribution in [3.05, 3.63) is 23.8 Å². The second-order valence-electron chi connectivity index (χ2n) is 6.08. The van der Waals surface area contributed by atoms with Crippen molar-refractivity contribution < 1.29 is 9.47 Å². The summed E-state index contributed by atoms with van der Waals surface area (Å²) in [4.78, 5) is 4.83. The van der Waals surface area contributed by atoms with Crippen molar-refractivity contribution in [1.29, 1.82) is 0 Å². The van der Waals surface area contributed by atoms with Crippen LogP contribution < -0.4 is 15.2 Å². The Kier molecular flexibility index (Phi) is 7.15. The summed E-state index contributed by atoms with van der Waals surface area (Å²) < 4.78 is 11.6. The third-order valence-electron chi connectivity index (χ3n) is 4.32. The number of hydrogen-bond donors (Lipinski definition) is 1. The van der Waals surface area contributed by atoms with Crippen LogP contribution >= 0.6 is 0 Å².